The second kappa shape index (κ2) is 15.2. The number of carboxylic acids is 1. The number of hydrogen-bond donors (Lipinski definition) is 7. The van der Waals surface area contributed by atoms with E-state index in [9.17, 15) is 29.1 Å². The molecule has 0 aliphatic carbocycles. The Kier molecular flexibility index (Phi) is 12.0. The quantitative estimate of drug-likeness (QED) is 0.125. The maximum atomic E-state index is 13.1. The van der Waals surface area contributed by atoms with E-state index in [0.717, 1.165) is 5.56 Å². The molecule has 0 radical (unpaired) electrons. The molecule has 0 fully saturated rings. The van der Waals surface area contributed by atoms with E-state index in [2.05, 4.69) is 21.3 Å². The van der Waals surface area contributed by atoms with Crippen LogP contribution in [0.1, 0.15) is 57.6 Å². The van der Waals surface area contributed by atoms with Gasteiger partial charge in [-0.15, -0.1) is 0 Å². The van der Waals surface area contributed by atoms with Crippen molar-refractivity contribution in [3.05, 3.63) is 65.7 Å². The van der Waals surface area contributed by atoms with Crippen LogP contribution in [0.5, 0.6) is 0 Å². The number of nitrogens with two attached hydrogens (primary N) is 1. The molecule has 2 rings (SSSR count). The number of carbonyl (C=O) groups excluding carboxylic acids is 4. The third-order valence-electron chi connectivity index (χ3n) is 6.35. The van der Waals surface area contributed by atoms with Gasteiger partial charge in [0.25, 0.3) is 0 Å². The molecule has 0 heterocycles. The summed E-state index contributed by atoms with van der Waals surface area (Å²) in [5, 5.41) is 27.2. The smallest absolute Gasteiger partial charge is 0.305 e. The van der Waals surface area contributed by atoms with Gasteiger partial charge in [0.05, 0.1) is 6.42 Å². The zero-order valence-electron chi connectivity index (χ0n) is 23.5. The Morgan fingerprint density at radius 1 is 0.878 bits per heavy atom. The maximum absolute atomic E-state index is 13.1. The van der Waals surface area contributed by atoms with Crippen molar-refractivity contribution in [2.75, 3.05) is 5.32 Å². The van der Waals surface area contributed by atoms with Gasteiger partial charge >= 0.3 is 5.97 Å². The fourth-order valence-corrected chi connectivity index (χ4v) is 3.67. The number of amides is 4. The molecule has 0 aromatic heterocycles. The SMILES string of the molecule is CCC(C)(C)NC(=O)[C@H](Cc1ccccc1)NC(=O)[C@H](CC(=O)O)NC(=O)CCC(=O)Nc1ccc(C(=N)N)cc1. The monoisotopic (exact) mass is 566 g/mol. The summed E-state index contributed by atoms with van der Waals surface area (Å²) in [6.45, 7) is 5.60. The fraction of sp³-hybridized carbons (Fsp3) is 0.379. The molecule has 41 heavy (non-hydrogen) atoms. The third-order valence-corrected chi connectivity index (χ3v) is 6.35. The third kappa shape index (κ3) is 11.5. The van der Waals surface area contributed by atoms with Crippen LogP contribution in [0.25, 0.3) is 0 Å². The molecule has 220 valence electrons. The zero-order chi connectivity index (χ0) is 30.6. The highest BCUT2D eigenvalue weighted by Gasteiger charge is 2.30. The van der Waals surface area contributed by atoms with E-state index in [1.54, 1.807) is 48.5 Å². The van der Waals surface area contributed by atoms with Crippen LogP contribution in [0.2, 0.25) is 0 Å². The molecule has 12 nitrogen and oxygen atoms in total. The number of hydrogen-bond acceptors (Lipinski definition) is 6. The number of anilines is 1. The lowest BCUT2D eigenvalue weighted by atomic mass is 9.99. The predicted molar refractivity (Wildman–Crippen MR) is 154 cm³/mol. The van der Waals surface area contributed by atoms with Crippen molar-refractivity contribution in [2.24, 2.45) is 5.73 Å². The molecule has 0 spiro atoms. The van der Waals surface area contributed by atoms with Crippen molar-refractivity contribution < 1.29 is 29.1 Å². The molecule has 2 aromatic carbocycles. The highest BCUT2D eigenvalue weighted by molar-refractivity contribution is 5.98. The van der Waals surface area contributed by atoms with Crippen molar-refractivity contribution in [3.63, 3.8) is 0 Å². The lowest BCUT2D eigenvalue weighted by Gasteiger charge is -2.29. The van der Waals surface area contributed by atoms with Crippen molar-refractivity contribution >= 4 is 41.1 Å². The van der Waals surface area contributed by atoms with Crippen molar-refractivity contribution in [1.82, 2.24) is 16.0 Å². The highest BCUT2D eigenvalue weighted by Crippen LogP contribution is 2.12. The first kappa shape index (κ1) is 32.5. The van der Waals surface area contributed by atoms with Crippen LogP contribution in [0.3, 0.4) is 0 Å². The second-order valence-electron chi connectivity index (χ2n) is 10.2. The Morgan fingerprint density at radius 3 is 2.05 bits per heavy atom. The van der Waals surface area contributed by atoms with E-state index in [-0.39, 0.29) is 25.1 Å². The molecular formula is C29H38N6O6. The summed E-state index contributed by atoms with van der Waals surface area (Å²) in [6, 6.07) is 12.8. The van der Waals surface area contributed by atoms with E-state index < -0.39 is 53.6 Å². The van der Waals surface area contributed by atoms with Crippen LogP contribution < -0.4 is 27.0 Å². The number of carboxylic acid groups (broad SMARTS) is 1. The summed E-state index contributed by atoms with van der Waals surface area (Å²) >= 11 is 0. The van der Waals surface area contributed by atoms with Gasteiger partial charge in [0, 0.05) is 36.1 Å². The van der Waals surface area contributed by atoms with Crippen molar-refractivity contribution in [3.8, 4) is 0 Å². The largest absolute Gasteiger partial charge is 0.481 e. The number of amidine groups is 1. The molecule has 0 saturated carbocycles. The van der Waals surface area contributed by atoms with Gasteiger partial charge < -0.3 is 32.1 Å². The number of nitrogen functional groups attached to an aromatic ring is 1. The van der Waals surface area contributed by atoms with Crippen LogP contribution in [0.4, 0.5) is 5.69 Å². The number of carbonyl (C=O) groups is 5. The summed E-state index contributed by atoms with van der Waals surface area (Å²) in [5.41, 5.74) is 6.58. The van der Waals surface area contributed by atoms with E-state index in [1.165, 1.54) is 0 Å². The number of rotatable bonds is 15. The molecule has 0 aliphatic rings. The van der Waals surface area contributed by atoms with E-state index in [1.807, 2.05) is 26.8 Å². The zero-order valence-corrected chi connectivity index (χ0v) is 23.5. The van der Waals surface area contributed by atoms with Gasteiger partial charge in [0.2, 0.25) is 23.6 Å². The van der Waals surface area contributed by atoms with Gasteiger partial charge in [-0.1, -0.05) is 37.3 Å². The molecule has 0 unspecified atom stereocenters. The molecular weight excluding hydrogens is 528 g/mol. The Hall–Kier alpha value is -4.74. The second-order valence-corrected chi connectivity index (χ2v) is 10.2. The standard InChI is InChI=1S/C29H38N6O6/c1-4-29(2,3)35-28(41)21(16-18-8-6-5-7-9-18)34-27(40)22(17-25(38)39)33-24(37)15-14-23(36)32-20-12-10-19(11-13-20)26(30)31/h5-13,21-22H,4,14-17H2,1-3H3,(H3,30,31)(H,32,36)(H,33,37)(H,34,40)(H,35,41)(H,38,39)/t21-,22-/m0/s1. The van der Waals surface area contributed by atoms with Crippen LogP contribution in [0, 0.1) is 5.41 Å². The van der Waals surface area contributed by atoms with Crippen molar-refractivity contribution in [1.29, 1.82) is 5.41 Å². The lowest BCUT2D eigenvalue weighted by Crippen LogP contribution is -2.57. The normalized spacial score (nSPS) is 12.4. The molecule has 4 amide bonds. The summed E-state index contributed by atoms with van der Waals surface area (Å²) in [7, 11) is 0. The Balaban J connectivity index is 2.04. The summed E-state index contributed by atoms with van der Waals surface area (Å²) in [6.07, 6.45) is -0.460. The Labute approximate surface area is 239 Å². The van der Waals surface area contributed by atoms with Gasteiger partial charge in [-0.25, -0.2) is 0 Å². The van der Waals surface area contributed by atoms with Gasteiger partial charge in [0.15, 0.2) is 0 Å². The Morgan fingerprint density at radius 2 is 1.49 bits per heavy atom. The molecule has 0 saturated heterocycles. The first-order chi connectivity index (χ1) is 19.3. The van der Waals surface area contributed by atoms with E-state index in [4.69, 9.17) is 11.1 Å². The average molecular weight is 567 g/mol. The minimum Gasteiger partial charge on any atom is -0.481 e. The molecule has 2 atom stereocenters. The van der Waals surface area contributed by atoms with E-state index >= 15 is 0 Å². The molecule has 0 bridgehead atoms. The topological polar surface area (TPSA) is 204 Å². The first-order valence-corrected chi connectivity index (χ1v) is 13.2. The average Bonchev–Trinajstić information content (AvgIpc) is 2.91. The Bertz CT molecular complexity index is 1250. The van der Waals surface area contributed by atoms with Crippen LogP contribution >= 0.6 is 0 Å². The van der Waals surface area contributed by atoms with Crippen LogP contribution in [-0.4, -0.2) is 58.2 Å². The maximum Gasteiger partial charge on any atom is 0.305 e. The lowest BCUT2D eigenvalue weighted by molar-refractivity contribution is -0.141. The first-order valence-electron chi connectivity index (χ1n) is 13.2. The van der Waals surface area contributed by atoms with E-state index in [0.29, 0.717) is 17.7 Å². The predicted octanol–water partition coefficient (Wildman–Crippen LogP) is 1.68. The number of aliphatic carboxylic acids is 1. The van der Waals surface area contributed by atoms with Crippen molar-refractivity contribution in [2.45, 2.75) is 70.5 Å². The fourth-order valence-electron chi connectivity index (χ4n) is 3.67. The molecule has 8 N–H and O–H groups in total. The minimum absolute atomic E-state index is 0.115. The van der Waals surface area contributed by atoms with Gasteiger partial charge in [-0.2, -0.15) is 0 Å². The van der Waals surface area contributed by atoms with Gasteiger partial charge in [-0.05, 0) is 50.1 Å². The number of benzene rings is 2. The van der Waals surface area contributed by atoms with Gasteiger partial charge in [0.1, 0.15) is 17.9 Å². The number of nitrogens with one attached hydrogen (secondary N) is 5. The molecule has 2 aromatic rings. The van der Waals surface area contributed by atoms with Crippen LogP contribution in [-0.2, 0) is 30.4 Å². The summed E-state index contributed by atoms with van der Waals surface area (Å²) in [5.74, 6) is -3.90. The van der Waals surface area contributed by atoms with Crippen LogP contribution in [0.15, 0.2) is 54.6 Å². The molecule has 12 heteroatoms. The summed E-state index contributed by atoms with van der Waals surface area (Å²) < 4.78 is 0. The minimum atomic E-state index is -1.47. The van der Waals surface area contributed by atoms with Gasteiger partial charge in [-0.3, -0.25) is 29.4 Å². The molecule has 0 aliphatic heterocycles. The highest BCUT2D eigenvalue weighted by atomic mass is 16.4. The summed E-state index contributed by atoms with van der Waals surface area (Å²) in [4.78, 5) is 62.6.